The molecule has 0 atom stereocenters. The summed E-state index contributed by atoms with van der Waals surface area (Å²) in [5.74, 6) is 0.472. The Balaban J connectivity index is 1.71. The molecule has 11 heteroatoms. The van der Waals surface area contributed by atoms with Crippen LogP contribution in [0.15, 0.2) is 23.3 Å². The summed E-state index contributed by atoms with van der Waals surface area (Å²) in [7, 11) is 3.40. The third-order valence-corrected chi connectivity index (χ3v) is 3.96. The van der Waals surface area contributed by atoms with Gasteiger partial charge in [-0.15, -0.1) is 0 Å². The van der Waals surface area contributed by atoms with Crippen LogP contribution in [0.25, 0.3) is 11.0 Å². The van der Waals surface area contributed by atoms with Crippen molar-refractivity contribution in [3.63, 3.8) is 0 Å². The molecule has 0 unspecified atom stereocenters. The summed E-state index contributed by atoms with van der Waals surface area (Å²) in [5.41, 5.74) is 1.41. The zero-order chi connectivity index (χ0) is 17.8. The maximum atomic E-state index is 11.8. The molecule has 0 spiro atoms. The van der Waals surface area contributed by atoms with Gasteiger partial charge in [-0.25, -0.2) is 14.6 Å². The summed E-state index contributed by atoms with van der Waals surface area (Å²) in [6.45, 7) is 1.07. The first-order chi connectivity index (χ1) is 12.1. The zero-order valence-corrected chi connectivity index (χ0v) is 15.3. The largest absolute Gasteiger partial charge is 0.383 e. The summed E-state index contributed by atoms with van der Waals surface area (Å²) in [6.07, 6.45) is 4.82. The number of aryl methyl sites for hydroxylation is 1. The summed E-state index contributed by atoms with van der Waals surface area (Å²) in [5, 5.41) is 15.1. The fraction of sp³-hybridized carbons (Fsp3) is 0.357. The molecule has 3 aromatic heterocycles. The first kappa shape index (κ1) is 17.3. The van der Waals surface area contributed by atoms with Gasteiger partial charge in [0, 0.05) is 26.9 Å². The van der Waals surface area contributed by atoms with Crippen LogP contribution in [0.3, 0.4) is 0 Å². The van der Waals surface area contributed by atoms with E-state index >= 15 is 0 Å². The van der Waals surface area contributed by atoms with Gasteiger partial charge in [0.1, 0.15) is 23.3 Å². The highest BCUT2D eigenvalue weighted by Gasteiger charge is 2.14. The molecule has 0 aliphatic rings. The van der Waals surface area contributed by atoms with E-state index in [9.17, 15) is 4.79 Å². The SMILES string of the molecule is COCCNC(=O)Cn1cc(Nc2ncnc3c2c(Br)nn3C)cn1. The molecule has 10 nitrogen and oxygen atoms in total. The van der Waals surface area contributed by atoms with Crippen molar-refractivity contribution in [1.82, 2.24) is 34.8 Å². The van der Waals surface area contributed by atoms with Gasteiger partial charge in [-0.05, 0) is 15.9 Å². The molecule has 0 saturated carbocycles. The minimum atomic E-state index is -0.133. The standard InChI is InChI=1S/C14H17BrN8O2/c1-22-14-11(12(15)21-22)13(17-8-18-14)20-9-5-19-23(6-9)7-10(24)16-3-4-25-2/h5-6,8H,3-4,7H2,1-2H3,(H,16,24)(H,17,18,20). The Kier molecular flexibility index (Phi) is 5.24. The molecule has 0 bridgehead atoms. The normalized spacial score (nSPS) is 11.0. The van der Waals surface area contributed by atoms with Crippen molar-refractivity contribution in [1.29, 1.82) is 0 Å². The highest BCUT2D eigenvalue weighted by atomic mass is 79.9. The Morgan fingerprint density at radius 2 is 2.24 bits per heavy atom. The highest BCUT2D eigenvalue weighted by molar-refractivity contribution is 9.10. The fourth-order valence-corrected chi connectivity index (χ4v) is 2.89. The first-order valence-corrected chi connectivity index (χ1v) is 8.26. The number of hydrogen-bond donors (Lipinski definition) is 2. The van der Waals surface area contributed by atoms with Crippen LogP contribution >= 0.6 is 15.9 Å². The Labute approximate surface area is 151 Å². The van der Waals surface area contributed by atoms with Gasteiger partial charge in [0.05, 0.1) is 23.9 Å². The molecular formula is C14H17BrN8O2. The number of rotatable bonds is 7. The number of aromatic nitrogens is 6. The molecule has 3 heterocycles. The first-order valence-electron chi connectivity index (χ1n) is 7.47. The number of amides is 1. The number of carbonyl (C=O) groups excluding carboxylic acids is 1. The lowest BCUT2D eigenvalue weighted by Gasteiger charge is -2.05. The lowest BCUT2D eigenvalue weighted by atomic mass is 10.4. The minimum Gasteiger partial charge on any atom is -0.383 e. The number of fused-ring (bicyclic) bond motifs is 1. The van der Waals surface area contributed by atoms with Gasteiger partial charge in [-0.2, -0.15) is 10.2 Å². The van der Waals surface area contributed by atoms with E-state index in [0.29, 0.717) is 34.9 Å². The smallest absolute Gasteiger partial charge is 0.241 e. The molecule has 0 aromatic carbocycles. The summed E-state index contributed by atoms with van der Waals surface area (Å²) >= 11 is 3.41. The third-order valence-electron chi connectivity index (χ3n) is 3.41. The van der Waals surface area contributed by atoms with Crippen LogP contribution in [0.5, 0.6) is 0 Å². The van der Waals surface area contributed by atoms with Crippen molar-refractivity contribution >= 4 is 44.4 Å². The molecule has 0 fully saturated rings. The van der Waals surface area contributed by atoms with Crippen LogP contribution in [0, 0.1) is 0 Å². The van der Waals surface area contributed by atoms with Crippen molar-refractivity contribution in [3.8, 4) is 0 Å². The Hall–Kier alpha value is -2.53. The van der Waals surface area contributed by atoms with Crippen LogP contribution in [-0.2, 0) is 23.1 Å². The van der Waals surface area contributed by atoms with E-state index in [1.807, 2.05) is 7.05 Å². The summed E-state index contributed by atoms with van der Waals surface area (Å²) < 4.78 is 8.75. The van der Waals surface area contributed by atoms with Gasteiger partial charge in [0.2, 0.25) is 5.91 Å². The van der Waals surface area contributed by atoms with Crippen LogP contribution in [0.1, 0.15) is 0 Å². The Morgan fingerprint density at radius 3 is 3.04 bits per heavy atom. The van der Waals surface area contributed by atoms with Crippen LogP contribution in [0.4, 0.5) is 11.5 Å². The number of halogens is 1. The predicted octanol–water partition coefficient (Wildman–Crippen LogP) is 0.828. The Bertz CT molecular complexity index is 890. The summed E-state index contributed by atoms with van der Waals surface area (Å²) in [6, 6.07) is 0. The van der Waals surface area contributed by atoms with E-state index in [4.69, 9.17) is 4.74 Å². The van der Waals surface area contributed by atoms with E-state index in [0.717, 1.165) is 5.39 Å². The van der Waals surface area contributed by atoms with Crippen molar-refractivity contribution in [2.24, 2.45) is 7.05 Å². The van der Waals surface area contributed by atoms with Crippen LogP contribution in [-0.4, -0.2) is 55.7 Å². The number of nitrogens with one attached hydrogen (secondary N) is 2. The van der Waals surface area contributed by atoms with Crippen LogP contribution < -0.4 is 10.6 Å². The van der Waals surface area contributed by atoms with Gasteiger partial charge in [-0.1, -0.05) is 0 Å². The summed E-state index contributed by atoms with van der Waals surface area (Å²) in [4.78, 5) is 20.3. The second-order valence-electron chi connectivity index (χ2n) is 5.23. The molecule has 0 aliphatic carbocycles. The minimum absolute atomic E-state index is 0.126. The third kappa shape index (κ3) is 3.94. The number of anilines is 2. The van der Waals surface area contributed by atoms with Crippen LogP contribution in [0.2, 0.25) is 0 Å². The maximum absolute atomic E-state index is 11.8. The quantitative estimate of drug-likeness (QED) is 0.556. The van der Waals surface area contributed by atoms with Crippen molar-refractivity contribution < 1.29 is 9.53 Å². The number of methoxy groups -OCH3 is 1. The van der Waals surface area contributed by atoms with Gasteiger partial charge in [0.25, 0.3) is 0 Å². The topological polar surface area (TPSA) is 112 Å². The average Bonchev–Trinajstić information content (AvgIpc) is 3.13. The van der Waals surface area contributed by atoms with Gasteiger partial charge >= 0.3 is 0 Å². The van der Waals surface area contributed by atoms with E-state index in [-0.39, 0.29) is 12.5 Å². The molecule has 3 aromatic rings. The molecule has 0 aliphatic heterocycles. The fourth-order valence-electron chi connectivity index (χ4n) is 2.28. The van der Waals surface area contributed by atoms with E-state index in [1.165, 1.54) is 6.33 Å². The predicted molar refractivity (Wildman–Crippen MR) is 94.4 cm³/mol. The maximum Gasteiger partial charge on any atom is 0.241 e. The average molecular weight is 409 g/mol. The molecule has 0 radical (unpaired) electrons. The van der Waals surface area contributed by atoms with Crippen molar-refractivity contribution in [3.05, 3.63) is 23.3 Å². The van der Waals surface area contributed by atoms with Gasteiger partial charge < -0.3 is 15.4 Å². The Morgan fingerprint density at radius 1 is 1.40 bits per heavy atom. The number of hydrogen-bond acceptors (Lipinski definition) is 7. The molecule has 2 N–H and O–H groups in total. The highest BCUT2D eigenvalue weighted by Crippen LogP contribution is 2.28. The molecule has 0 saturated heterocycles. The van der Waals surface area contributed by atoms with E-state index in [1.54, 1.807) is 28.9 Å². The van der Waals surface area contributed by atoms with Crippen molar-refractivity contribution in [2.45, 2.75) is 6.54 Å². The second-order valence-corrected chi connectivity index (χ2v) is 5.98. The lowest BCUT2D eigenvalue weighted by Crippen LogP contribution is -2.30. The molecule has 3 rings (SSSR count). The van der Waals surface area contributed by atoms with E-state index < -0.39 is 0 Å². The number of nitrogens with zero attached hydrogens (tertiary/aromatic N) is 6. The molecule has 132 valence electrons. The monoisotopic (exact) mass is 408 g/mol. The van der Waals surface area contributed by atoms with Crippen molar-refractivity contribution in [2.75, 3.05) is 25.6 Å². The molecule has 1 amide bonds. The van der Waals surface area contributed by atoms with Gasteiger partial charge in [-0.3, -0.25) is 9.48 Å². The number of ether oxygens (including phenoxy) is 1. The molecule has 25 heavy (non-hydrogen) atoms. The van der Waals surface area contributed by atoms with Gasteiger partial charge in [0.15, 0.2) is 5.65 Å². The zero-order valence-electron chi connectivity index (χ0n) is 13.7. The number of carbonyl (C=O) groups is 1. The second kappa shape index (κ2) is 7.57. The van der Waals surface area contributed by atoms with E-state index in [2.05, 4.69) is 46.7 Å². The lowest BCUT2D eigenvalue weighted by molar-refractivity contribution is -0.122. The molecular weight excluding hydrogens is 392 g/mol.